The average Bonchev–Trinajstić information content (AvgIpc) is 3.21. The normalized spacial score (nSPS) is 13.5. The van der Waals surface area contributed by atoms with Gasteiger partial charge in [-0.1, -0.05) is 13.0 Å². The van der Waals surface area contributed by atoms with Crippen LogP contribution in [0, 0.1) is 11.7 Å². The first-order chi connectivity index (χ1) is 14.9. The number of nitrogens with one attached hydrogen (secondary N) is 2. The molecule has 166 valence electrons. The molecule has 0 bridgehead atoms. The lowest BCUT2D eigenvalue weighted by atomic mass is 10.1. The van der Waals surface area contributed by atoms with Crippen molar-refractivity contribution >= 4 is 17.9 Å². The minimum absolute atomic E-state index is 0.0348. The fourth-order valence-electron chi connectivity index (χ4n) is 3.34. The second-order valence-corrected chi connectivity index (χ2v) is 7.53. The van der Waals surface area contributed by atoms with Gasteiger partial charge >= 0.3 is 0 Å². The van der Waals surface area contributed by atoms with Crippen LogP contribution in [0.5, 0.6) is 17.2 Å². The van der Waals surface area contributed by atoms with E-state index in [1.165, 1.54) is 17.3 Å². The molecule has 0 spiro atoms. The second-order valence-electron chi connectivity index (χ2n) is 7.14. The smallest absolute Gasteiger partial charge is 0.213 e. The molecular formula is C22H28N4O4S. The van der Waals surface area contributed by atoms with Crippen molar-refractivity contribution in [3.8, 4) is 28.6 Å². The molecule has 9 heteroatoms. The highest BCUT2D eigenvalue weighted by Gasteiger charge is 2.15. The number of hydrogen-bond donors (Lipinski definition) is 4. The van der Waals surface area contributed by atoms with Gasteiger partial charge in [-0.25, -0.2) is 0 Å². The molecule has 0 amide bonds. The van der Waals surface area contributed by atoms with Crippen molar-refractivity contribution in [3.63, 3.8) is 0 Å². The molecule has 0 saturated carbocycles. The molecular weight excluding hydrogens is 416 g/mol. The number of benzene rings is 2. The molecule has 0 aliphatic carbocycles. The van der Waals surface area contributed by atoms with Crippen LogP contribution in [0.3, 0.4) is 0 Å². The van der Waals surface area contributed by atoms with Crippen molar-refractivity contribution in [2.45, 2.75) is 20.3 Å². The Kier molecular flexibility index (Phi) is 7.54. The van der Waals surface area contributed by atoms with E-state index in [1.54, 1.807) is 13.2 Å². The topological polar surface area (TPSA) is 107 Å². The van der Waals surface area contributed by atoms with E-state index in [0.717, 1.165) is 37.6 Å². The maximum absolute atomic E-state index is 9.71. The van der Waals surface area contributed by atoms with E-state index in [9.17, 15) is 10.2 Å². The number of methoxy groups -OCH3 is 1. The van der Waals surface area contributed by atoms with E-state index in [1.807, 2.05) is 13.0 Å². The maximum Gasteiger partial charge on any atom is 0.213 e. The first-order valence-electron chi connectivity index (χ1n) is 10.1. The summed E-state index contributed by atoms with van der Waals surface area (Å²) in [6.45, 7) is 7.51. The van der Waals surface area contributed by atoms with Crippen molar-refractivity contribution < 1.29 is 19.7 Å². The second kappa shape index (κ2) is 10.3. The summed E-state index contributed by atoms with van der Waals surface area (Å²) in [5, 5.41) is 24.7. The molecule has 4 rings (SSSR count). The molecule has 1 aliphatic rings. The van der Waals surface area contributed by atoms with Crippen molar-refractivity contribution in [2.24, 2.45) is 0 Å². The van der Waals surface area contributed by atoms with Crippen molar-refractivity contribution in [1.29, 1.82) is 0 Å². The molecule has 2 heterocycles. The van der Waals surface area contributed by atoms with Gasteiger partial charge in [0, 0.05) is 19.2 Å². The Bertz CT molecular complexity index is 1070. The van der Waals surface area contributed by atoms with Crippen LogP contribution in [0.2, 0.25) is 0 Å². The summed E-state index contributed by atoms with van der Waals surface area (Å²) in [6.07, 6.45) is 0.671. The van der Waals surface area contributed by atoms with Gasteiger partial charge in [0.2, 0.25) is 4.77 Å². The van der Waals surface area contributed by atoms with Gasteiger partial charge in [0.25, 0.3) is 0 Å². The van der Waals surface area contributed by atoms with Crippen LogP contribution >= 0.6 is 12.2 Å². The van der Waals surface area contributed by atoms with E-state index in [-0.39, 0.29) is 11.5 Å². The standard InChI is InChI=1S/C12H17NO2.C10H11N3O2S/c1-10-3-4-12(14-2)11(9-10)13-5-7-15-8-6-13;1-2-5-3-6(8(15)4-7(5)14)9-11-10(16)13-12-9/h3-4,9H,5-8H2,1-2H3;3-4,14-15H,2H2,1H3,(H2,11,12,13,16). The number of anilines is 1. The third kappa shape index (κ3) is 5.56. The Morgan fingerprint density at radius 1 is 1.13 bits per heavy atom. The summed E-state index contributed by atoms with van der Waals surface area (Å²) >= 11 is 4.83. The molecule has 1 fully saturated rings. The fourth-order valence-corrected chi connectivity index (χ4v) is 3.49. The van der Waals surface area contributed by atoms with Crippen LogP contribution in [-0.4, -0.2) is 58.8 Å². The average molecular weight is 445 g/mol. The van der Waals surface area contributed by atoms with Crippen molar-refractivity contribution in [3.05, 3.63) is 46.2 Å². The number of aromatic nitrogens is 3. The molecule has 2 aromatic carbocycles. The third-order valence-corrected chi connectivity index (χ3v) is 5.21. The Hall–Kier alpha value is -3.04. The summed E-state index contributed by atoms with van der Waals surface area (Å²) in [6, 6.07) is 9.26. The molecule has 31 heavy (non-hydrogen) atoms. The van der Waals surface area contributed by atoms with Gasteiger partial charge in [0.15, 0.2) is 5.82 Å². The third-order valence-electron chi connectivity index (χ3n) is 5.02. The lowest BCUT2D eigenvalue weighted by Crippen LogP contribution is -2.36. The fraction of sp³-hybridized carbons (Fsp3) is 0.364. The number of aromatic amines is 2. The van der Waals surface area contributed by atoms with Gasteiger partial charge in [-0.15, -0.1) is 0 Å². The van der Waals surface area contributed by atoms with Crippen LogP contribution in [0.1, 0.15) is 18.1 Å². The van der Waals surface area contributed by atoms with Gasteiger partial charge in [-0.3, -0.25) is 10.2 Å². The molecule has 3 aromatic rings. The number of aromatic hydroxyl groups is 2. The lowest BCUT2D eigenvalue weighted by molar-refractivity contribution is 0.122. The predicted octanol–water partition coefficient (Wildman–Crippen LogP) is 3.95. The zero-order chi connectivity index (χ0) is 22.4. The molecule has 1 aliphatic heterocycles. The van der Waals surface area contributed by atoms with Crippen molar-refractivity contribution in [1.82, 2.24) is 15.2 Å². The van der Waals surface area contributed by atoms with Gasteiger partial charge in [0.05, 0.1) is 31.6 Å². The number of nitrogens with zero attached hydrogens (tertiary/aromatic N) is 2. The summed E-state index contributed by atoms with van der Waals surface area (Å²) in [4.78, 5) is 6.32. The summed E-state index contributed by atoms with van der Waals surface area (Å²) in [5.74, 6) is 1.45. The molecule has 4 N–H and O–H groups in total. The minimum Gasteiger partial charge on any atom is -0.508 e. The number of rotatable bonds is 4. The number of morpholine rings is 1. The van der Waals surface area contributed by atoms with E-state index < -0.39 is 0 Å². The van der Waals surface area contributed by atoms with E-state index in [0.29, 0.717) is 22.6 Å². The van der Waals surface area contributed by atoms with Crippen LogP contribution in [0.15, 0.2) is 30.3 Å². The Morgan fingerprint density at radius 2 is 1.87 bits per heavy atom. The number of phenolic OH excluding ortho intramolecular Hbond substituents is 2. The number of hydrogen-bond acceptors (Lipinski definition) is 7. The Labute approximate surface area is 186 Å². The molecule has 8 nitrogen and oxygen atoms in total. The first-order valence-corrected chi connectivity index (χ1v) is 10.5. The number of H-pyrrole nitrogens is 2. The molecule has 0 atom stereocenters. The number of phenols is 2. The quantitative estimate of drug-likeness (QED) is 0.452. The summed E-state index contributed by atoms with van der Waals surface area (Å²) in [7, 11) is 1.72. The highest BCUT2D eigenvalue weighted by Crippen LogP contribution is 2.33. The molecule has 0 unspecified atom stereocenters. The van der Waals surface area contributed by atoms with Crippen LogP contribution in [0.25, 0.3) is 11.4 Å². The number of aryl methyl sites for hydroxylation is 2. The van der Waals surface area contributed by atoms with E-state index in [4.69, 9.17) is 21.7 Å². The van der Waals surface area contributed by atoms with E-state index >= 15 is 0 Å². The van der Waals surface area contributed by atoms with E-state index in [2.05, 4.69) is 39.1 Å². The Balaban J connectivity index is 0.000000176. The minimum atomic E-state index is -0.0348. The Morgan fingerprint density at radius 3 is 2.48 bits per heavy atom. The summed E-state index contributed by atoms with van der Waals surface area (Å²) < 4.78 is 11.0. The lowest BCUT2D eigenvalue weighted by Gasteiger charge is -2.30. The largest absolute Gasteiger partial charge is 0.508 e. The highest BCUT2D eigenvalue weighted by molar-refractivity contribution is 7.71. The molecule has 1 aromatic heterocycles. The monoisotopic (exact) mass is 444 g/mol. The van der Waals surface area contributed by atoms with Gasteiger partial charge < -0.3 is 24.6 Å². The highest BCUT2D eigenvalue weighted by atomic mass is 32.1. The molecule has 0 radical (unpaired) electrons. The zero-order valence-corrected chi connectivity index (χ0v) is 18.8. The van der Waals surface area contributed by atoms with Gasteiger partial charge in [-0.05, 0) is 54.9 Å². The van der Waals surface area contributed by atoms with Crippen LogP contribution in [-0.2, 0) is 11.2 Å². The zero-order valence-electron chi connectivity index (χ0n) is 17.9. The van der Waals surface area contributed by atoms with Gasteiger partial charge in [0.1, 0.15) is 17.2 Å². The first kappa shape index (κ1) is 22.6. The van der Waals surface area contributed by atoms with Gasteiger partial charge in [-0.2, -0.15) is 4.98 Å². The maximum atomic E-state index is 9.71. The van der Waals surface area contributed by atoms with Crippen LogP contribution in [0.4, 0.5) is 5.69 Å². The SMILES string of the molecule is CCc1cc(-c2nc(=S)[nH][nH]2)c(O)cc1O.COc1ccc(C)cc1N1CCOCC1. The predicted molar refractivity (Wildman–Crippen MR) is 123 cm³/mol. The summed E-state index contributed by atoms with van der Waals surface area (Å²) in [5.41, 5.74) is 3.70. The number of ether oxygens (including phenoxy) is 2. The van der Waals surface area contributed by atoms with Crippen LogP contribution < -0.4 is 9.64 Å². The molecule has 1 saturated heterocycles. The van der Waals surface area contributed by atoms with Crippen molar-refractivity contribution in [2.75, 3.05) is 38.3 Å².